The van der Waals surface area contributed by atoms with Crippen LogP contribution in [0.2, 0.25) is 0 Å². The number of nitrogens with one attached hydrogen (secondary N) is 1. The van der Waals surface area contributed by atoms with Crippen molar-refractivity contribution in [3.63, 3.8) is 0 Å². The topological polar surface area (TPSA) is 34.4 Å². The summed E-state index contributed by atoms with van der Waals surface area (Å²) in [5.74, 6) is 1.74. The van der Waals surface area contributed by atoms with E-state index >= 15 is 0 Å². The van der Waals surface area contributed by atoms with Crippen molar-refractivity contribution in [2.75, 3.05) is 6.54 Å². The van der Waals surface area contributed by atoms with Crippen LogP contribution in [0.1, 0.15) is 24.0 Å². The largest absolute Gasteiger partial charge is 0.484 e. The molecule has 1 aromatic heterocycles. The molecule has 3 nitrogen and oxygen atoms in total. The Bertz CT molecular complexity index is 583. The van der Waals surface area contributed by atoms with Gasteiger partial charge < -0.3 is 14.5 Å². The highest BCUT2D eigenvalue weighted by Crippen LogP contribution is 2.27. The average Bonchev–Trinajstić information content (AvgIpc) is 2.78. The molecule has 0 atom stereocenters. The molecule has 0 aliphatic rings. The van der Waals surface area contributed by atoms with Crippen LogP contribution in [0.5, 0.6) is 5.75 Å². The second-order valence-corrected chi connectivity index (χ2v) is 5.29. The summed E-state index contributed by atoms with van der Waals surface area (Å²) in [6, 6.07) is 6.31. The zero-order chi connectivity index (χ0) is 14.5. The molecule has 108 valence electrons. The number of hydrogen-bond donors (Lipinski definition) is 1. The van der Waals surface area contributed by atoms with E-state index in [1.54, 1.807) is 6.07 Å². The maximum atomic E-state index is 13.1. The maximum absolute atomic E-state index is 13.1. The zero-order valence-corrected chi connectivity index (χ0v) is 13.1. The first-order valence-corrected chi connectivity index (χ1v) is 7.26. The summed E-state index contributed by atoms with van der Waals surface area (Å²) in [7, 11) is 0. The minimum absolute atomic E-state index is 0.273. The Kier molecular flexibility index (Phi) is 5.20. The second kappa shape index (κ2) is 6.90. The molecule has 0 aliphatic carbocycles. The Hall–Kier alpha value is -1.33. The number of benzene rings is 1. The maximum Gasteiger partial charge on any atom is 0.146 e. The summed E-state index contributed by atoms with van der Waals surface area (Å²) in [6.07, 6.45) is 0. The van der Waals surface area contributed by atoms with Gasteiger partial charge in [-0.25, -0.2) is 4.39 Å². The number of rotatable bonds is 6. The minimum atomic E-state index is -0.327. The van der Waals surface area contributed by atoms with E-state index in [1.165, 1.54) is 12.1 Å². The Morgan fingerprint density at radius 1 is 1.35 bits per heavy atom. The highest BCUT2D eigenvalue weighted by molar-refractivity contribution is 9.10. The lowest BCUT2D eigenvalue weighted by Gasteiger charge is -2.06. The van der Waals surface area contributed by atoms with Crippen molar-refractivity contribution in [3.05, 3.63) is 51.6 Å². The van der Waals surface area contributed by atoms with Gasteiger partial charge in [-0.3, -0.25) is 0 Å². The predicted octanol–water partition coefficient (Wildman–Crippen LogP) is 4.18. The van der Waals surface area contributed by atoms with Gasteiger partial charge in [-0.15, -0.1) is 0 Å². The van der Waals surface area contributed by atoms with Crippen molar-refractivity contribution >= 4 is 15.9 Å². The molecule has 0 aliphatic heterocycles. The smallest absolute Gasteiger partial charge is 0.146 e. The van der Waals surface area contributed by atoms with Gasteiger partial charge in [0.1, 0.15) is 29.7 Å². The van der Waals surface area contributed by atoms with Crippen LogP contribution in [0.4, 0.5) is 4.39 Å². The van der Waals surface area contributed by atoms with Crippen LogP contribution < -0.4 is 10.1 Å². The third-order valence-corrected chi connectivity index (χ3v) is 3.56. The first-order chi connectivity index (χ1) is 9.60. The molecule has 0 unspecified atom stereocenters. The molecule has 0 spiro atoms. The van der Waals surface area contributed by atoms with E-state index in [2.05, 4.69) is 28.2 Å². The van der Waals surface area contributed by atoms with Crippen LogP contribution in [0.15, 0.2) is 33.2 Å². The molecule has 0 bridgehead atoms. The summed E-state index contributed by atoms with van der Waals surface area (Å²) < 4.78 is 25.1. The molecule has 1 N–H and O–H groups in total. The molecular weight excluding hydrogens is 325 g/mol. The lowest BCUT2D eigenvalue weighted by molar-refractivity contribution is 0.265. The molecule has 2 aromatic rings. The van der Waals surface area contributed by atoms with E-state index in [9.17, 15) is 4.39 Å². The van der Waals surface area contributed by atoms with Gasteiger partial charge in [0.25, 0.3) is 0 Å². The van der Waals surface area contributed by atoms with E-state index in [0.29, 0.717) is 5.75 Å². The number of aryl methyl sites for hydroxylation is 1. The predicted molar refractivity (Wildman–Crippen MR) is 79.3 cm³/mol. The molecule has 0 saturated carbocycles. The highest BCUT2D eigenvalue weighted by atomic mass is 79.9. The van der Waals surface area contributed by atoms with Gasteiger partial charge in [0.2, 0.25) is 0 Å². The van der Waals surface area contributed by atoms with Gasteiger partial charge in [0.15, 0.2) is 0 Å². The molecule has 20 heavy (non-hydrogen) atoms. The fraction of sp³-hybridized carbons (Fsp3) is 0.333. The van der Waals surface area contributed by atoms with Crippen LogP contribution in [0.25, 0.3) is 0 Å². The van der Waals surface area contributed by atoms with E-state index in [1.807, 2.05) is 13.0 Å². The normalized spacial score (nSPS) is 10.8. The Morgan fingerprint density at radius 3 is 2.90 bits per heavy atom. The van der Waals surface area contributed by atoms with Gasteiger partial charge in [-0.05, 0) is 47.6 Å². The van der Waals surface area contributed by atoms with Crippen LogP contribution in [0.3, 0.4) is 0 Å². The standard InChI is InChI=1S/C15H17BrFNO2/c1-3-18-8-11-6-13(20-10(11)2)9-19-15-7-12(17)4-5-14(15)16/h4-7,18H,3,8-9H2,1-2H3. The molecule has 1 heterocycles. The number of ether oxygens (including phenoxy) is 1. The highest BCUT2D eigenvalue weighted by Gasteiger charge is 2.09. The van der Waals surface area contributed by atoms with Crippen LogP contribution in [-0.2, 0) is 13.2 Å². The van der Waals surface area contributed by atoms with E-state index in [-0.39, 0.29) is 12.4 Å². The van der Waals surface area contributed by atoms with Gasteiger partial charge in [-0.2, -0.15) is 0 Å². The van der Waals surface area contributed by atoms with Crippen molar-refractivity contribution < 1.29 is 13.5 Å². The van der Waals surface area contributed by atoms with Crippen LogP contribution >= 0.6 is 15.9 Å². The molecule has 1 aromatic carbocycles. The van der Waals surface area contributed by atoms with Gasteiger partial charge in [0.05, 0.1) is 4.47 Å². The molecular formula is C15H17BrFNO2. The van der Waals surface area contributed by atoms with Gasteiger partial charge in [-0.1, -0.05) is 6.92 Å². The molecule has 0 amide bonds. The van der Waals surface area contributed by atoms with Crippen molar-refractivity contribution in [2.24, 2.45) is 0 Å². The van der Waals surface area contributed by atoms with Crippen molar-refractivity contribution in [1.29, 1.82) is 0 Å². The minimum Gasteiger partial charge on any atom is -0.484 e. The van der Waals surface area contributed by atoms with Crippen molar-refractivity contribution in [2.45, 2.75) is 27.0 Å². The Morgan fingerprint density at radius 2 is 2.15 bits per heavy atom. The summed E-state index contributed by atoms with van der Waals surface area (Å²) in [5, 5.41) is 3.25. The summed E-state index contributed by atoms with van der Waals surface area (Å²) in [5.41, 5.74) is 1.11. The number of hydrogen-bond acceptors (Lipinski definition) is 3. The zero-order valence-electron chi connectivity index (χ0n) is 11.5. The lowest BCUT2D eigenvalue weighted by Crippen LogP contribution is -2.11. The van der Waals surface area contributed by atoms with E-state index in [0.717, 1.165) is 34.6 Å². The van der Waals surface area contributed by atoms with Crippen molar-refractivity contribution in [1.82, 2.24) is 5.32 Å². The Labute approximate surface area is 126 Å². The summed E-state index contributed by atoms with van der Waals surface area (Å²) in [6.45, 7) is 5.94. The van der Waals surface area contributed by atoms with Gasteiger partial charge in [0, 0.05) is 18.2 Å². The quantitative estimate of drug-likeness (QED) is 0.855. The monoisotopic (exact) mass is 341 g/mol. The lowest BCUT2D eigenvalue weighted by atomic mass is 10.2. The summed E-state index contributed by atoms with van der Waals surface area (Å²) in [4.78, 5) is 0. The van der Waals surface area contributed by atoms with Crippen LogP contribution in [-0.4, -0.2) is 6.54 Å². The molecule has 5 heteroatoms. The van der Waals surface area contributed by atoms with Crippen LogP contribution in [0, 0.1) is 12.7 Å². The fourth-order valence-corrected chi connectivity index (χ4v) is 2.19. The molecule has 0 saturated heterocycles. The Balaban J connectivity index is 2.02. The first-order valence-electron chi connectivity index (χ1n) is 6.47. The number of halogens is 2. The fourth-order valence-electron chi connectivity index (χ4n) is 1.83. The second-order valence-electron chi connectivity index (χ2n) is 4.44. The SMILES string of the molecule is CCNCc1cc(COc2cc(F)ccc2Br)oc1C. The molecule has 0 fully saturated rings. The van der Waals surface area contributed by atoms with Gasteiger partial charge >= 0.3 is 0 Å². The third-order valence-electron chi connectivity index (χ3n) is 2.90. The third kappa shape index (κ3) is 3.84. The average molecular weight is 342 g/mol. The van der Waals surface area contributed by atoms with E-state index < -0.39 is 0 Å². The first kappa shape index (κ1) is 15.1. The number of furan rings is 1. The molecule has 0 radical (unpaired) electrons. The summed E-state index contributed by atoms with van der Waals surface area (Å²) >= 11 is 3.33. The van der Waals surface area contributed by atoms with Crippen molar-refractivity contribution in [3.8, 4) is 5.75 Å². The van der Waals surface area contributed by atoms with E-state index in [4.69, 9.17) is 9.15 Å². The molecule has 2 rings (SSSR count).